The van der Waals surface area contributed by atoms with E-state index in [4.69, 9.17) is 21.1 Å². The lowest BCUT2D eigenvalue weighted by Crippen LogP contribution is -2.35. The Morgan fingerprint density at radius 2 is 1.90 bits per heavy atom. The maximum absolute atomic E-state index is 6.32. The summed E-state index contributed by atoms with van der Waals surface area (Å²) in [5.74, 6) is 3.67. The normalized spacial score (nSPS) is 21.4. The molecule has 1 atom stereocenters. The summed E-state index contributed by atoms with van der Waals surface area (Å²) in [6.45, 7) is 4.62. The summed E-state index contributed by atoms with van der Waals surface area (Å²) in [7, 11) is 3.25. The minimum absolute atomic E-state index is 0.365. The van der Waals surface area contributed by atoms with E-state index in [9.17, 15) is 0 Å². The first-order chi connectivity index (χ1) is 9.45. The molecule has 0 radical (unpaired) electrons. The summed E-state index contributed by atoms with van der Waals surface area (Å²) >= 11 is 8.31. The maximum atomic E-state index is 6.32. The first-order valence-electron chi connectivity index (χ1n) is 6.71. The van der Waals surface area contributed by atoms with E-state index in [0.717, 1.165) is 17.9 Å². The van der Waals surface area contributed by atoms with Gasteiger partial charge in [-0.2, -0.15) is 11.8 Å². The van der Waals surface area contributed by atoms with E-state index in [1.165, 1.54) is 5.75 Å². The highest BCUT2D eigenvalue weighted by atomic mass is 35.5. The second-order valence-electron chi connectivity index (χ2n) is 5.91. The van der Waals surface area contributed by atoms with Crippen LogP contribution >= 0.6 is 23.4 Å². The molecule has 0 amide bonds. The fourth-order valence-corrected chi connectivity index (χ4v) is 4.02. The van der Waals surface area contributed by atoms with Crippen LogP contribution in [0.5, 0.6) is 11.5 Å². The maximum Gasteiger partial charge on any atom is 0.162 e. The van der Waals surface area contributed by atoms with E-state index in [0.29, 0.717) is 28.0 Å². The standard InChI is InChI=1S/C15H22ClNO2S/c1-15(2)7-10(8-20-9-15)17-12-6-14(19-4)13(18-3)5-11(12)16/h5-6,10,17H,7-9H2,1-4H3. The quantitative estimate of drug-likeness (QED) is 0.897. The third-order valence-electron chi connectivity index (χ3n) is 3.44. The number of hydrogen-bond acceptors (Lipinski definition) is 4. The number of methoxy groups -OCH3 is 2. The Kier molecular flexibility index (Phi) is 4.97. The smallest absolute Gasteiger partial charge is 0.162 e. The van der Waals surface area contributed by atoms with Gasteiger partial charge in [0.15, 0.2) is 11.5 Å². The van der Waals surface area contributed by atoms with Gasteiger partial charge in [-0.1, -0.05) is 25.4 Å². The average Bonchev–Trinajstić information content (AvgIpc) is 2.39. The van der Waals surface area contributed by atoms with E-state index in [1.807, 2.05) is 17.8 Å². The summed E-state index contributed by atoms with van der Waals surface area (Å²) < 4.78 is 10.6. The molecule has 0 spiro atoms. The van der Waals surface area contributed by atoms with Gasteiger partial charge in [-0.25, -0.2) is 0 Å². The van der Waals surface area contributed by atoms with Crippen LogP contribution in [0.3, 0.4) is 0 Å². The van der Waals surface area contributed by atoms with E-state index in [-0.39, 0.29) is 0 Å². The fourth-order valence-electron chi connectivity index (χ4n) is 2.54. The number of nitrogens with one attached hydrogen (secondary N) is 1. The Bertz CT molecular complexity index is 479. The molecule has 1 fully saturated rings. The van der Waals surface area contributed by atoms with E-state index in [2.05, 4.69) is 19.2 Å². The highest BCUT2D eigenvalue weighted by Crippen LogP contribution is 2.39. The van der Waals surface area contributed by atoms with Gasteiger partial charge in [0, 0.05) is 23.9 Å². The molecule has 1 aliphatic rings. The van der Waals surface area contributed by atoms with Crippen molar-refractivity contribution in [3.63, 3.8) is 0 Å². The Morgan fingerprint density at radius 1 is 1.25 bits per heavy atom. The number of benzene rings is 1. The third kappa shape index (κ3) is 3.67. The van der Waals surface area contributed by atoms with Gasteiger partial charge < -0.3 is 14.8 Å². The van der Waals surface area contributed by atoms with Crippen LogP contribution in [-0.4, -0.2) is 31.8 Å². The van der Waals surface area contributed by atoms with Crippen LogP contribution in [0.25, 0.3) is 0 Å². The molecule has 1 aromatic carbocycles. The molecule has 0 aromatic heterocycles. The van der Waals surface area contributed by atoms with Crippen molar-refractivity contribution in [3.8, 4) is 11.5 Å². The predicted molar refractivity (Wildman–Crippen MR) is 87.7 cm³/mol. The molecular weight excluding hydrogens is 294 g/mol. The molecule has 112 valence electrons. The molecule has 1 unspecified atom stereocenters. The van der Waals surface area contributed by atoms with Gasteiger partial charge in [0.25, 0.3) is 0 Å². The molecular formula is C15H22ClNO2S. The lowest BCUT2D eigenvalue weighted by atomic mass is 9.88. The topological polar surface area (TPSA) is 30.5 Å². The summed E-state index contributed by atoms with van der Waals surface area (Å²) in [5.41, 5.74) is 1.27. The zero-order valence-corrected chi connectivity index (χ0v) is 14.0. The molecule has 0 saturated carbocycles. The van der Waals surface area contributed by atoms with Crippen LogP contribution in [0.15, 0.2) is 12.1 Å². The number of rotatable bonds is 4. The zero-order chi connectivity index (χ0) is 14.8. The summed E-state index contributed by atoms with van der Waals surface area (Å²) in [6.07, 6.45) is 1.14. The fraction of sp³-hybridized carbons (Fsp3) is 0.600. The number of hydrogen-bond donors (Lipinski definition) is 1. The molecule has 1 aromatic rings. The summed E-state index contributed by atoms with van der Waals surface area (Å²) in [4.78, 5) is 0. The highest BCUT2D eigenvalue weighted by molar-refractivity contribution is 7.99. The van der Waals surface area contributed by atoms with Crippen molar-refractivity contribution < 1.29 is 9.47 Å². The lowest BCUT2D eigenvalue weighted by Gasteiger charge is -2.35. The molecule has 1 aliphatic heterocycles. The Hall–Kier alpha value is -0.740. The van der Waals surface area contributed by atoms with Gasteiger partial charge in [-0.05, 0) is 17.6 Å². The van der Waals surface area contributed by atoms with Gasteiger partial charge in [-0.3, -0.25) is 0 Å². The van der Waals surface area contributed by atoms with Gasteiger partial charge in [0.2, 0.25) is 0 Å². The monoisotopic (exact) mass is 315 g/mol. The number of ether oxygens (including phenoxy) is 2. The summed E-state index contributed by atoms with van der Waals surface area (Å²) in [6, 6.07) is 4.14. The van der Waals surface area contributed by atoms with Crippen molar-refractivity contribution >= 4 is 29.1 Å². The first kappa shape index (κ1) is 15.6. The van der Waals surface area contributed by atoms with Crippen molar-refractivity contribution in [2.45, 2.75) is 26.3 Å². The van der Waals surface area contributed by atoms with Crippen molar-refractivity contribution in [3.05, 3.63) is 17.2 Å². The molecule has 2 rings (SSSR count). The van der Waals surface area contributed by atoms with Gasteiger partial charge in [0.1, 0.15) is 0 Å². The molecule has 1 heterocycles. The Morgan fingerprint density at radius 3 is 2.50 bits per heavy atom. The lowest BCUT2D eigenvalue weighted by molar-refractivity contribution is 0.353. The molecule has 20 heavy (non-hydrogen) atoms. The first-order valence-corrected chi connectivity index (χ1v) is 8.24. The average molecular weight is 316 g/mol. The Labute approximate surface area is 130 Å². The molecule has 1 saturated heterocycles. The summed E-state index contributed by atoms with van der Waals surface area (Å²) in [5, 5.41) is 4.21. The molecule has 0 aliphatic carbocycles. The Balaban J connectivity index is 2.16. The van der Waals surface area contributed by atoms with Crippen molar-refractivity contribution in [1.82, 2.24) is 0 Å². The van der Waals surface area contributed by atoms with Crippen LogP contribution in [0.1, 0.15) is 20.3 Å². The van der Waals surface area contributed by atoms with Crippen molar-refractivity contribution in [1.29, 1.82) is 0 Å². The van der Waals surface area contributed by atoms with Crippen LogP contribution < -0.4 is 14.8 Å². The van der Waals surface area contributed by atoms with Crippen LogP contribution in [0.4, 0.5) is 5.69 Å². The SMILES string of the molecule is COc1cc(Cl)c(NC2CSCC(C)(C)C2)cc1OC. The van der Waals surface area contributed by atoms with Gasteiger partial charge in [-0.15, -0.1) is 0 Å². The molecule has 5 heteroatoms. The van der Waals surface area contributed by atoms with Crippen LogP contribution in [0.2, 0.25) is 5.02 Å². The van der Waals surface area contributed by atoms with Crippen molar-refractivity contribution in [2.24, 2.45) is 5.41 Å². The minimum atomic E-state index is 0.365. The number of halogens is 1. The van der Waals surface area contributed by atoms with Crippen LogP contribution in [0, 0.1) is 5.41 Å². The largest absolute Gasteiger partial charge is 0.493 e. The van der Waals surface area contributed by atoms with E-state index >= 15 is 0 Å². The zero-order valence-electron chi connectivity index (χ0n) is 12.5. The van der Waals surface area contributed by atoms with Gasteiger partial charge >= 0.3 is 0 Å². The number of thioether (sulfide) groups is 1. The minimum Gasteiger partial charge on any atom is -0.493 e. The predicted octanol–water partition coefficient (Wildman–Crippen LogP) is 4.30. The second kappa shape index (κ2) is 6.35. The van der Waals surface area contributed by atoms with Crippen LogP contribution in [-0.2, 0) is 0 Å². The third-order valence-corrected chi connectivity index (χ3v) is 5.38. The molecule has 0 bridgehead atoms. The van der Waals surface area contributed by atoms with E-state index < -0.39 is 0 Å². The highest BCUT2D eigenvalue weighted by Gasteiger charge is 2.28. The van der Waals surface area contributed by atoms with E-state index in [1.54, 1.807) is 20.3 Å². The number of anilines is 1. The molecule has 1 N–H and O–H groups in total. The second-order valence-corrected chi connectivity index (χ2v) is 7.35. The van der Waals surface area contributed by atoms with Gasteiger partial charge in [0.05, 0.1) is 24.9 Å². The van der Waals surface area contributed by atoms with Crippen molar-refractivity contribution in [2.75, 3.05) is 31.0 Å². The molecule has 3 nitrogen and oxygen atoms in total.